The number of hydrogen-bond donors (Lipinski definition) is 0. The van der Waals surface area contributed by atoms with E-state index < -0.39 is 0 Å². The molecule has 106 valence electrons. The second kappa shape index (κ2) is 4.78. The zero-order chi connectivity index (χ0) is 13.7. The smallest absolute Gasteiger partial charge is 0.157 e. The number of piperidine rings is 3. The Morgan fingerprint density at radius 3 is 2.80 bits per heavy atom. The summed E-state index contributed by atoms with van der Waals surface area (Å²) in [6, 6.07) is 0.629. The fourth-order valence-corrected chi connectivity index (χ4v) is 5.05. The van der Waals surface area contributed by atoms with Gasteiger partial charge in [0.1, 0.15) is 0 Å². The molecule has 5 rings (SSSR count). The summed E-state index contributed by atoms with van der Waals surface area (Å²) in [5.74, 6) is 1.90. The number of carbonyl (C=O) groups is 1. The summed E-state index contributed by atoms with van der Waals surface area (Å²) in [5, 5.41) is 0. The number of carbonyl (C=O) groups excluding carboxylic acids is 1. The number of ketones is 1. The first-order valence-corrected chi connectivity index (χ1v) is 8.48. The summed E-state index contributed by atoms with van der Waals surface area (Å²) in [5.41, 5.74) is 2.16. The predicted molar refractivity (Wildman–Crippen MR) is 82.2 cm³/mol. The van der Waals surface area contributed by atoms with Crippen molar-refractivity contribution in [3.8, 4) is 0 Å². The molecule has 0 aromatic rings. The molecule has 3 nitrogen and oxygen atoms in total. The van der Waals surface area contributed by atoms with Crippen LogP contribution in [0.2, 0.25) is 0 Å². The Balaban J connectivity index is 1.59. The van der Waals surface area contributed by atoms with Crippen LogP contribution in [0.1, 0.15) is 19.8 Å². The van der Waals surface area contributed by atoms with Gasteiger partial charge in [-0.2, -0.15) is 0 Å². The van der Waals surface area contributed by atoms with Gasteiger partial charge in [0, 0.05) is 41.2 Å². The summed E-state index contributed by atoms with van der Waals surface area (Å²) in [6.07, 6.45) is 9.31. The van der Waals surface area contributed by atoms with Crippen molar-refractivity contribution < 1.29 is 4.79 Å². The van der Waals surface area contributed by atoms with Gasteiger partial charge in [0.15, 0.2) is 5.78 Å². The predicted octanol–water partition coefficient (Wildman–Crippen LogP) is 2.38. The highest BCUT2D eigenvalue weighted by molar-refractivity contribution is 8.03. The van der Waals surface area contributed by atoms with Crippen LogP contribution in [-0.2, 0) is 4.79 Å². The molecule has 5 heterocycles. The molecule has 0 aliphatic carbocycles. The van der Waals surface area contributed by atoms with Crippen molar-refractivity contribution in [3.63, 3.8) is 0 Å². The fourth-order valence-electron chi connectivity index (χ4n) is 3.85. The van der Waals surface area contributed by atoms with E-state index in [1.807, 2.05) is 11.8 Å². The van der Waals surface area contributed by atoms with Crippen molar-refractivity contribution in [2.24, 2.45) is 5.92 Å². The molecule has 20 heavy (non-hydrogen) atoms. The van der Waals surface area contributed by atoms with Gasteiger partial charge in [-0.1, -0.05) is 0 Å². The topological polar surface area (TPSA) is 23.6 Å². The lowest BCUT2D eigenvalue weighted by Gasteiger charge is -2.48. The molecule has 0 unspecified atom stereocenters. The van der Waals surface area contributed by atoms with Crippen molar-refractivity contribution in [2.45, 2.75) is 25.8 Å². The molecular weight excluding hydrogens is 268 g/mol. The number of fused-ring (bicyclic) bond motifs is 4. The first-order chi connectivity index (χ1) is 9.72. The molecule has 0 amide bonds. The Labute approximate surface area is 124 Å². The minimum absolute atomic E-state index is 0.219. The van der Waals surface area contributed by atoms with Crippen LogP contribution < -0.4 is 0 Å². The molecule has 5 aliphatic rings. The van der Waals surface area contributed by atoms with Crippen LogP contribution >= 0.6 is 11.8 Å². The molecule has 2 bridgehead atoms. The van der Waals surface area contributed by atoms with Gasteiger partial charge >= 0.3 is 0 Å². The van der Waals surface area contributed by atoms with Crippen molar-refractivity contribution >= 4 is 17.5 Å². The highest BCUT2D eigenvalue weighted by atomic mass is 32.2. The third-order valence-electron chi connectivity index (χ3n) is 5.07. The van der Waals surface area contributed by atoms with Crippen LogP contribution in [0, 0.1) is 5.92 Å². The van der Waals surface area contributed by atoms with E-state index in [4.69, 9.17) is 0 Å². The van der Waals surface area contributed by atoms with E-state index in [9.17, 15) is 4.79 Å². The third-order valence-corrected chi connectivity index (χ3v) is 6.14. The molecule has 1 atom stereocenters. The van der Waals surface area contributed by atoms with Crippen molar-refractivity contribution in [2.75, 3.05) is 25.4 Å². The van der Waals surface area contributed by atoms with Crippen LogP contribution in [-0.4, -0.2) is 47.0 Å². The van der Waals surface area contributed by atoms with Gasteiger partial charge in [0.05, 0.1) is 0 Å². The lowest BCUT2D eigenvalue weighted by molar-refractivity contribution is -0.113. The van der Waals surface area contributed by atoms with Gasteiger partial charge in [0.25, 0.3) is 0 Å². The monoisotopic (exact) mass is 288 g/mol. The van der Waals surface area contributed by atoms with Gasteiger partial charge in [0.2, 0.25) is 0 Å². The number of nitrogens with zero attached hydrogens (tertiary/aromatic N) is 2. The number of hydrogen-bond acceptors (Lipinski definition) is 4. The quantitative estimate of drug-likeness (QED) is 0.778. The maximum Gasteiger partial charge on any atom is 0.157 e. The molecule has 0 aromatic heterocycles. The molecule has 3 saturated heterocycles. The van der Waals surface area contributed by atoms with Crippen LogP contribution in [0.5, 0.6) is 0 Å². The largest absolute Gasteiger partial charge is 0.349 e. The molecule has 3 fully saturated rings. The summed E-state index contributed by atoms with van der Waals surface area (Å²) in [6.45, 7) is 5.44. The second-order valence-corrected chi connectivity index (χ2v) is 7.22. The summed E-state index contributed by atoms with van der Waals surface area (Å²) in [7, 11) is 0. The summed E-state index contributed by atoms with van der Waals surface area (Å²) < 4.78 is 0. The summed E-state index contributed by atoms with van der Waals surface area (Å²) >= 11 is 1.81. The average Bonchev–Trinajstić information content (AvgIpc) is 2.91. The van der Waals surface area contributed by atoms with E-state index in [0.29, 0.717) is 6.04 Å². The van der Waals surface area contributed by atoms with Crippen molar-refractivity contribution in [1.29, 1.82) is 0 Å². The molecule has 0 N–H and O–H groups in total. The highest BCUT2D eigenvalue weighted by Crippen LogP contribution is 2.41. The van der Waals surface area contributed by atoms with Gasteiger partial charge in [-0.15, -0.1) is 11.8 Å². The molecule has 0 radical (unpaired) electrons. The molecule has 0 saturated carbocycles. The first kappa shape index (κ1) is 12.7. The number of Topliss-reactive ketones (excluding diaryl/α,β-unsaturated/α-hetero) is 1. The SMILES string of the molecule is CC(=O)C1=C2C=CN([C@H]3CN4CCC3CC4)C=C2SC1. The van der Waals surface area contributed by atoms with Crippen LogP contribution in [0.15, 0.2) is 34.5 Å². The Bertz CT molecular complexity index is 541. The van der Waals surface area contributed by atoms with Crippen molar-refractivity contribution in [1.82, 2.24) is 9.80 Å². The second-order valence-electron chi connectivity index (χ2n) is 6.20. The Morgan fingerprint density at radius 2 is 2.15 bits per heavy atom. The van der Waals surface area contributed by atoms with Crippen LogP contribution in [0.4, 0.5) is 0 Å². The number of allylic oxidation sites excluding steroid dienone is 2. The Morgan fingerprint density at radius 1 is 1.35 bits per heavy atom. The summed E-state index contributed by atoms with van der Waals surface area (Å²) in [4.78, 5) is 17.9. The van der Waals surface area contributed by atoms with E-state index >= 15 is 0 Å². The van der Waals surface area contributed by atoms with E-state index in [1.165, 1.54) is 43.0 Å². The van der Waals surface area contributed by atoms with Crippen molar-refractivity contribution in [3.05, 3.63) is 34.5 Å². The van der Waals surface area contributed by atoms with Crippen LogP contribution in [0.25, 0.3) is 0 Å². The third kappa shape index (κ3) is 1.97. The molecular formula is C16H20N2OS. The maximum absolute atomic E-state index is 11.6. The van der Waals surface area contributed by atoms with E-state index in [-0.39, 0.29) is 5.78 Å². The minimum atomic E-state index is 0.219. The lowest BCUT2D eigenvalue weighted by atomic mass is 9.83. The number of thioether (sulfide) groups is 1. The standard InChI is InChI=1S/C16H20N2OS/c1-11(19)14-10-20-16-9-18(7-4-13(14)16)15-8-17-5-2-12(15)3-6-17/h4,7,9,12,15H,2-3,5-6,8,10H2,1H3/t15-/m0/s1. The molecule has 0 spiro atoms. The zero-order valence-corrected chi connectivity index (χ0v) is 12.7. The fraction of sp³-hybridized carbons (Fsp3) is 0.562. The Hall–Kier alpha value is -1.00. The maximum atomic E-state index is 11.6. The van der Waals surface area contributed by atoms with E-state index in [1.54, 1.807) is 6.92 Å². The average molecular weight is 288 g/mol. The van der Waals surface area contributed by atoms with Crippen LogP contribution in [0.3, 0.4) is 0 Å². The Kier molecular flexibility index (Phi) is 3.04. The van der Waals surface area contributed by atoms with E-state index in [2.05, 4.69) is 28.3 Å². The first-order valence-electron chi connectivity index (χ1n) is 7.49. The van der Waals surface area contributed by atoms with Gasteiger partial charge in [-0.3, -0.25) is 4.79 Å². The van der Waals surface area contributed by atoms with E-state index in [0.717, 1.165) is 17.2 Å². The number of rotatable bonds is 2. The zero-order valence-electron chi connectivity index (χ0n) is 11.8. The lowest BCUT2D eigenvalue weighted by Crippen LogP contribution is -2.55. The highest BCUT2D eigenvalue weighted by Gasteiger charge is 2.37. The normalized spacial score (nSPS) is 35.4. The molecule has 0 aromatic carbocycles. The molecule has 5 aliphatic heterocycles. The minimum Gasteiger partial charge on any atom is -0.349 e. The van der Waals surface area contributed by atoms with Gasteiger partial charge < -0.3 is 9.80 Å². The van der Waals surface area contributed by atoms with Gasteiger partial charge in [-0.05, 0) is 50.4 Å². The van der Waals surface area contributed by atoms with Gasteiger partial charge in [-0.25, -0.2) is 0 Å². The molecule has 4 heteroatoms.